The van der Waals surface area contributed by atoms with Gasteiger partial charge in [-0.05, 0) is 19.8 Å². The Hall–Kier alpha value is -0.610. The van der Waals surface area contributed by atoms with E-state index in [4.69, 9.17) is 4.74 Å². The highest BCUT2D eigenvalue weighted by Crippen LogP contribution is 2.18. The van der Waals surface area contributed by atoms with Crippen molar-refractivity contribution in [1.82, 2.24) is 10.2 Å². The highest BCUT2D eigenvalue weighted by Gasteiger charge is 2.36. The molecule has 1 aliphatic heterocycles. The molecule has 4 nitrogen and oxygen atoms in total. The monoisotopic (exact) mass is 228 g/mol. The van der Waals surface area contributed by atoms with Crippen LogP contribution in [0.1, 0.15) is 34.1 Å². The summed E-state index contributed by atoms with van der Waals surface area (Å²) in [4.78, 5) is 14.0. The number of amides is 1. The summed E-state index contributed by atoms with van der Waals surface area (Å²) < 4.78 is 5.35. The molecule has 1 N–H and O–H groups in total. The average Bonchev–Trinajstić information content (AvgIpc) is 2.59. The molecular formula is C12H24N2O2. The molecule has 94 valence electrons. The summed E-state index contributed by atoms with van der Waals surface area (Å²) in [7, 11) is 1.68. The number of ether oxygens (including phenoxy) is 1. The van der Waals surface area contributed by atoms with Gasteiger partial charge in [0.2, 0.25) is 5.91 Å². The molecule has 0 radical (unpaired) electrons. The Morgan fingerprint density at radius 3 is 2.75 bits per heavy atom. The van der Waals surface area contributed by atoms with Crippen LogP contribution in [0.4, 0.5) is 0 Å². The normalized spacial score (nSPS) is 23.9. The molecule has 4 heteroatoms. The van der Waals surface area contributed by atoms with Crippen LogP contribution in [-0.2, 0) is 9.53 Å². The van der Waals surface area contributed by atoms with Crippen LogP contribution in [-0.4, -0.2) is 42.8 Å². The van der Waals surface area contributed by atoms with Crippen molar-refractivity contribution in [2.24, 2.45) is 5.92 Å². The van der Waals surface area contributed by atoms with Gasteiger partial charge in [-0.15, -0.1) is 0 Å². The molecule has 0 bridgehead atoms. The molecule has 2 unspecified atom stereocenters. The Kier molecular flexibility index (Phi) is 4.33. The van der Waals surface area contributed by atoms with E-state index in [0.29, 0.717) is 19.1 Å². The van der Waals surface area contributed by atoms with Crippen molar-refractivity contribution in [3.63, 3.8) is 0 Å². The van der Waals surface area contributed by atoms with Gasteiger partial charge in [-0.2, -0.15) is 0 Å². The predicted molar refractivity (Wildman–Crippen MR) is 64.0 cm³/mol. The van der Waals surface area contributed by atoms with Crippen LogP contribution >= 0.6 is 0 Å². The van der Waals surface area contributed by atoms with E-state index in [-0.39, 0.29) is 17.6 Å². The molecular weight excluding hydrogens is 204 g/mol. The van der Waals surface area contributed by atoms with Crippen molar-refractivity contribution in [2.45, 2.75) is 45.8 Å². The van der Waals surface area contributed by atoms with Crippen LogP contribution in [0.3, 0.4) is 0 Å². The van der Waals surface area contributed by atoms with Gasteiger partial charge in [0.25, 0.3) is 0 Å². The summed E-state index contributed by atoms with van der Waals surface area (Å²) in [6.07, 6.45) is 1.02. The summed E-state index contributed by atoms with van der Waals surface area (Å²) >= 11 is 0. The SMILES string of the molecule is CCC(C)C1NCN(CC(C)(C)OC)C1=O. The maximum atomic E-state index is 12.1. The van der Waals surface area contributed by atoms with E-state index in [0.717, 1.165) is 6.42 Å². The summed E-state index contributed by atoms with van der Waals surface area (Å²) in [6, 6.07) is -0.0161. The molecule has 1 heterocycles. The summed E-state index contributed by atoms with van der Waals surface area (Å²) in [5.41, 5.74) is -0.276. The molecule has 0 saturated carbocycles. The van der Waals surface area contributed by atoms with E-state index in [1.54, 1.807) is 7.11 Å². The van der Waals surface area contributed by atoms with E-state index >= 15 is 0 Å². The summed E-state index contributed by atoms with van der Waals surface area (Å²) in [6.45, 7) is 9.50. The number of nitrogens with zero attached hydrogens (tertiary/aromatic N) is 1. The van der Waals surface area contributed by atoms with Crippen LogP contribution in [0, 0.1) is 5.92 Å². The maximum absolute atomic E-state index is 12.1. The highest BCUT2D eigenvalue weighted by molar-refractivity contribution is 5.84. The standard InChI is InChI=1S/C12H24N2O2/c1-6-9(2)10-11(15)14(8-13-10)7-12(3,4)16-5/h9-10,13H,6-8H2,1-5H3. The molecule has 0 spiro atoms. The topological polar surface area (TPSA) is 41.6 Å². The van der Waals surface area contributed by atoms with Crippen LogP contribution in [0.15, 0.2) is 0 Å². The first-order valence-electron chi connectivity index (χ1n) is 5.98. The third kappa shape index (κ3) is 2.95. The molecule has 0 aromatic carbocycles. The van der Waals surface area contributed by atoms with Gasteiger partial charge in [0.15, 0.2) is 0 Å². The number of carbonyl (C=O) groups excluding carboxylic acids is 1. The van der Waals surface area contributed by atoms with Gasteiger partial charge < -0.3 is 9.64 Å². The molecule has 0 aromatic heterocycles. The first-order chi connectivity index (χ1) is 7.41. The van der Waals surface area contributed by atoms with E-state index in [1.165, 1.54) is 0 Å². The second-order valence-corrected chi connectivity index (χ2v) is 5.23. The first-order valence-corrected chi connectivity index (χ1v) is 5.98. The van der Waals surface area contributed by atoms with E-state index < -0.39 is 0 Å². The molecule has 2 atom stereocenters. The lowest BCUT2D eigenvalue weighted by Gasteiger charge is -2.28. The summed E-state index contributed by atoms with van der Waals surface area (Å²) in [5.74, 6) is 0.600. The van der Waals surface area contributed by atoms with Crippen LogP contribution in [0.2, 0.25) is 0 Å². The number of carbonyl (C=O) groups is 1. The number of nitrogens with one attached hydrogen (secondary N) is 1. The molecule has 16 heavy (non-hydrogen) atoms. The first kappa shape index (κ1) is 13.5. The van der Waals surface area contributed by atoms with Crippen molar-refractivity contribution >= 4 is 5.91 Å². The highest BCUT2D eigenvalue weighted by atomic mass is 16.5. The second kappa shape index (κ2) is 5.15. The zero-order chi connectivity index (χ0) is 12.3. The van der Waals surface area contributed by atoms with Gasteiger partial charge in [0.1, 0.15) is 0 Å². The second-order valence-electron chi connectivity index (χ2n) is 5.23. The molecule has 1 amide bonds. The van der Waals surface area contributed by atoms with Crippen molar-refractivity contribution in [3.05, 3.63) is 0 Å². The Bertz CT molecular complexity index is 253. The number of rotatable bonds is 5. The zero-order valence-corrected chi connectivity index (χ0v) is 11.0. The molecule has 1 rings (SSSR count). The van der Waals surface area contributed by atoms with Crippen LogP contribution in [0.25, 0.3) is 0 Å². The zero-order valence-electron chi connectivity index (χ0n) is 11.0. The number of methoxy groups -OCH3 is 1. The fourth-order valence-corrected chi connectivity index (χ4v) is 1.91. The Balaban J connectivity index is 2.58. The Labute approximate surface area is 98.3 Å². The molecule has 1 fully saturated rings. The molecule has 1 saturated heterocycles. The van der Waals surface area contributed by atoms with Gasteiger partial charge >= 0.3 is 0 Å². The smallest absolute Gasteiger partial charge is 0.241 e. The lowest BCUT2D eigenvalue weighted by atomic mass is 9.99. The Morgan fingerprint density at radius 1 is 1.62 bits per heavy atom. The lowest BCUT2D eigenvalue weighted by Crippen LogP contribution is -2.42. The number of hydrogen-bond acceptors (Lipinski definition) is 3. The maximum Gasteiger partial charge on any atom is 0.241 e. The van der Waals surface area contributed by atoms with Crippen LogP contribution < -0.4 is 5.32 Å². The van der Waals surface area contributed by atoms with Gasteiger partial charge in [-0.1, -0.05) is 20.3 Å². The van der Waals surface area contributed by atoms with E-state index in [9.17, 15) is 4.79 Å². The molecule has 0 aromatic rings. The largest absolute Gasteiger partial charge is 0.377 e. The van der Waals surface area contributed by atoms with Crippen molar-refractivity contribution < 1.29 is 9.53 Å². The number of hydrogen-bond donors (Lipinski definition) is 1. The van der Waals surface area contributed by atoms with Gasteiger partial charge in [-0.3, -0.25) is 10.1 Å². The van der Waals surface area contributed by atoms with Gasteiger partial charge in [0.05, 0.1) is 24.9 Å². The fourth-order valence-electron chi connectivity index (χ4n) is 1.91. The third-order valence-electron chi connectivity index (χ3n) is 3.42. The van der Waals surface area contributed by atoms with E-state index in [2.05, 4.69) is 19.2 Å². The minimum atomic E-state index is -0.276. The average molecular weight is 228 g/mol. The third-order valence-corrected chi connectivity index (χ3v) is 3.42. The molecule has 0 aliphatic carbocycles. The van der Waals surface area contributed by atoms with Gasteiger partial charge in [0, 0.05) is 7.11 Å². The predicted octanol–water partition coefficient (Wildman–Crippen LogP) is 1.22. The Morgan fingerprint density at radius 2 is 2.25 bits per heavy atom. The fraction of sp³-hybridized carbons (Fsp3) is 0.917. The van der Waals surface area contributed by atoms with Gasteiger partial charge in [-0.25, -0.2) is 0 Å². The quantitative estimate of drug-likeness (QED) is 0.769. The van der Waals surface area contributed by atoms with Crippen molar-refractivity contribution in [1.29, 1.82) is 0 Å². The minimum absolute atomic E-state index is 0.0161. The van der Waals surface area contributed by atoms with E-state index in [1.807, 2.05) is 18.7 Å². The lowest BCUT2D eigenvalue weighted by molar-refractivity contribution is -0.132. The summed E-state index contributed by atoms with van der Waals surface area (Å²) in [5, 5.41) is 3.27. The molecule has 1 aliphatic rings. The van der Waals surface area contributed by atoms with Crippen molar-refractivity contribution in [2.75, 3.05) is 20.3 Å². The van der Waals surface area contributed by atoms with Crippen molar-refractivity contribution in [3.8, 4) is 0 Å². The van der Waals surface area contributed by atoms with Crippen LogP contribution in [0.5, 0.6) is 0 Å². The minimum Gasteiger partial charge on any atom is -0.377 e.